The van der Waals surface area contributed by atoms with Gasteiger partial charge in [0.25, 0.3) is 5.91 Å². The van der Waals surface area contributed by atoms with Gasteiger partial charge in [-0.25, -0.2) is 9.78 Å². The topological polar surface area (TPSA) is 79.7 Å². The van der Waals surface area contributed by atoms with E-state index in [0.29, 0.717) is 24.8 Å². The average molecular weight is 340 g/mol. The van der Waals surface area contributed by atoms with Crippen molar-refractivity contribution in [3.63, 3.8) is 0 Å². The van der Waals surface area contributed by atoms with Crippen molar-refractivity contribution in [3.05, 3.63) is 59.4 Å². The van der Waals surface area contributed by atoms with Crippen molar-refractivity contribution in [2.24, 2.45) is 5.92 Å². The number of hydrogen-bond acceptors (Lipinski definition) is 4. The average Bonchev–Trinajstić information content (AvgIpc) is 3.09. The second-order valence-electron chi connectivity index (χ2n) is 6.18. The lowest BCUT2D eigenvalue weighted by Gasteiger charge is -2.17. The van der Waals surface area contributed by atoms with Crippen molar-refractivity contribution in [1.82, 2.24) is 9.88 Å². The van der Waals surface area contributed by atoms with Crippen molar-refractivity contribution >= 4 is 11.9 Å². The van der Waals surface area contributed by atoms with Gasteiger partial charge in [0.1, 0.15) is 11.4 Å². The van der Waals surface area contributed by atoms with Gasteiger partial charge in [0.15, 0.2) is 5.69 Å². The molecule has 3 rings (SSSR count). The summed E-state index contributed by atoms with van der Waals surface area (Å²) in [6, 6.07) is 13.0. The molecule has 0 saturated carbocycles. The molecule has 1 unspecified atom stereocenters. The van der Waals surface area contributed by atoms with Gasteiger partial charge in [0.05, 0.1) is 7.11 Å². The molecular formula is C19H20N2O4. The first kappa shape index (κ1) is 17.0. The van der Waals surface area contributed by atoms with Crippen LogP contribution in [0.2, 0.25) is 0 Å². The molecule has 25 heavy (non-hydrogen) atoms. The molecule has 1 aliphatic rings. The summed E-state index contributed by atoms with van der Waals surface area (Å²) in [7, 11) is 1.43. The van der Waals surface area contributed by atoms with E-state index in [4.69, 9.17) is 9.84 Å². The molecule has 1 atom stereocenters. The van der Waals surface area contributed by atoms with Gasteiger partial charge in [-0.05, 0) is 24.3 Å². The Morgan fingerprint density at radius 3 is 2.64 bits per heavy atom. The number of nitrogens with zero attached hydrogens (tertiary/aromatic N) is 2. The Morgan fingerprint density at radius 1 is 1.24 bits per heavy atom. The van der Waals surface area contributed by atoms with E-state index in [-0.39, 0.29) is 17.3 Å². The van der Waals surface area contributed by atoms with Crippen LogP contribution >= 0.6 is 0 Å². The number of ether oxygens (including phenoxy) is 1. The smallest absolute Gasteiger partial charge is 0.354 e. The largest absolute Gasteiger partial charge is 0.497 e. The third kappa shape index (κ3) is 3.96. The maximum Gasteiger partial charge on any atom is 0.354 e. The van der Waals surface area contributed by atoms with Crippen LogP contribution in [0.3, 0.4) is 0 Å². The molecule has 6 nitrogen and oxygen atoms in total. The number of carbonyl (C=O) groups is 2. The van der Waals surface area contributed by atoms with E-state index >= 15 is 0 Å². The third-order valence-electron chi connectivity index (χ3n) is 4.41. The number of carbonyl (C=O) groups excluding carboxylic acids is 1. The summed E-state index contributed by atoms with van der Waals surface area (Å²) in [6.45, 7) is 1.30. The summed E-state index contributed by atoms with van der Waals surface area (Å²) in [5.41, 5.74) is 1.18. The first-order valence-corrected chi connectivity index (χ1v) is 8.19. The van der Waals surface area contributed by atoms with Gasteiger partial charge in [0.2, 0.25) is 0 Å². The SMILES string of the molecule is COc1cc(C(=O)O)nc(C(=O)N2CCC(Cc3ccccc3)C2)c1. The monoisotopic (exact) mass is 340 g/mol. The molecule has 1 amide bonds. The number of amides is 1. The Morgan fingerprint density at radius 2 is 1.96 bits per heavy atom. The van der Waals surface area contributed by atoms with Crippen LogP contribution in [0.25, 0.3) is 0 Å². The summed E-state index contributed by atoms with van der Waals surface area (Å²) >= 11 is 0. The number of carboxylic acid groups (broad SMARTS) is 1. The summed E-state index contributed by atoms with van der Waals surface area (Å²) < 4.78 is 5.08. The zero-order valence-corrected chi connectivity index (χ0v) is 14.0. The first-order chi connectivity index (χ1) is 12.1. The predicted octanol–water partition coefficient (Wildman–Crippen LogP) is 2.49. The number of rotatable bonds is 5. The van der Waals surface area contributed by atoms with Crippen LogP contribution in [0.4, 0.5) is 0 Å². The molecule has 0 bridgehead atoms. The normalized spacial score (nSPS) is 16.7. The van der Waals surface area contributed by atoms with Gasteiger partial charge < -0.3 is 14.7 Å². The number of aromatic nitrogens is 1. The maximum atomic E-state index is 12.7. The predicted molar refractivity (Wildman–Crippen MR) is 91.9 cm³/mol. The third-order valence-corrected chi connectivity index (χ3v) is 4.41. The Bertz CT molecular complexity index is 776. The number of benzene rings is 1. The second kappa shape index (κ2) is 7.34. The first-order valence-electron chi connectivity index (χ1n) is 8.19. The Hall–Kier alpha value is -2.89. The van der Waals surface area contributed by atoms with Crippen LogP contribution < -0.4 is 4.74 Å². The molecule has 1 aromatic carbocycles. The fourth-order valence-electron chi connectivity index (χ4n) is 3.14. The van der Waals surface area contributed by atoms with Crippen molar-refractivity contribution < 1.29 is 19.4 Å². The zero-order chi connectivity index (χ0) is 17.8. The fraction of sp³-hybridized carbons (Fsp3) is 0.316. The molecule has 2 heterocycles. The number of carboxylic acids is 1. The highest BCUT2D eigenvalue weighted by molar-refractivity contribution is 5.95. The van der Waals surface area contributed by atoms with Crippen molar-refractivity contribution in [3.8, 4) is 5.75 Å². The maximum absolute atomic E-state index is 12.7. The van der Waals surface area contributed by atoms with Crippen molar-refractivity contribution in [2.75, 3.05) is 20.2 Å². The molecule has 1 fully saturated rings. The number of pyridine rings is 1. The van der Waals surface area contributed by atoms with Gasteiger partial charge in [0, 0.05) is 25.2 Å². The molecular weight excluding hydrogens is 320 g/mol. The van der Waals surface area contributed by atoms with Crippen molar-refractivity contribution in [2.45, 2.75) is 12.8 Å². The van der Waals surface area contributed by atoms with Crippen LogP contribution in [-0.2, 0) is 6.42 Å². The summed E-state index contributed by atoms with van der Waals surface area (Å²) in [5, 5.41) is 9.14. The molecule has 2 aromatic rings. The second-order valence-corrected chi connectivity index (χ2v) is 6.18. The van der Waals surface area contributed by atoms with Crippen LogP contribution in [0.15, 0.2) is 42.5 Å². The van der Waals surface area contributed by atoms with E-state index < -0.39 is 5.97 Å². The Labute approximate surface area is 146 Å². The summed E-state index contributed by atoms with van der Waals surface area (Å²) in [5.74, 6) is -0.722. The van der Waals surface area contributed by atoms with E-state index in [9.17, 15) is 9.59 Å². The molecule has 6 heteroatoms. The number of aromatic carboxylic acids is 1. The summed E-state index contributed by atoms with van der Waals surface area (Å²) in [4.78, 5) is 29.6. The number of methoxy groups -OCH3 is 1. The Balaban J connectivity index is 1.71. The van der Waals surface area contributed by atoms with E-state index in [1.165, 1.54) is 24.8 Å². The highest BCUT2D eigenvalue weighted by Gasteiger charge is 2.28. The molecule has 0 aliphatic carbocycles. The molecule has 0 radical (unpaired) electrons. The van der Waals surface area contributed by atoms with Crippen LogP contribution in [-0.4, -0.2) is 47.1 Å². The minimum atomic E-state index is -1.18. The van der Waals surface area contributed by atoms with Crippen molar-refractivity contribution in [1.29, 1.82) is 0 Å². The number of hydrogen-bond donors (Lipinski definition) is 1. The minimum absolute atomic E-state index is 0.108. The van der Waals surface area contributed by atoms with Crippen LogP contribution in [0, 0.1) is 5.92 Å². The van der Waals surface area contributed by atoms with Gasteiger partial charge in [-0.15, -0.1) is 0 Å². The number of likely N-dealkylation sites (tertiary alicyclic amines) is 1. The van der Waals surface area contributed by atoms with Gasteiger partial charge in [-0.2, -0.15) is 0 Å². The van der Waals surface area contributed by atoms with E-state index in [1.807, 2.05) is 18.2 Å². The van der Waals surface area contributed by atoms with E-state index in [1.54, 1.807) is 4.90 Å². The molecule has 1 N–H and O–H groups in total. The van der Waals surface area contributed by atoms with Crippen LogP contribution in [0.1, 0.15) is 33.0 Å². The lowest BCUT2D eigenvalue weighted by Crippen LogP contribution is -2.30. The molecule has 1 saturated heterocycles. The minimum Gasteiger partial charge on any atom is -0.497 e. The quantitative estimate of drug-likeness (QED) is 0.904. The lowest BCUT2D eigenvalue weighted by molar-refractivity contribution is 0.0689. The fourth-order valence-corrected chi connectivity index (χ4v) is 3.14. The highest BCUT2D eigenvalue weighted by atomic mass is 16.5. The van der Waals surface area contributed by atoms with Gasteiger partial charge in [-0.1, -0.05) is 30.3 Å². The molecule has 1 aromatic heterocycles. The molecule has 0 spiro atoms. The van der Waals surface area contributed by atoms with Crippen LogP contribution in [0.5, 0.6) is 5.75 Å². The molecule has 130 valence electrons. The van der Waals surface area contributed by atoms with E-state index in [0.717, 1.165) is 12.8 Å². The molecule has 1 aliphatic heterocycles. The lowest BCUT2D eigenvalue weighted by atomic mass is 9.99. The zero-order valence-electron chi connectivity index (χ0n) is 14.0. The van der Waals surface area contributed by atoms with Gasteiger partial charge >= 0.3 is 5.97 Å². The Kier molecular flexibility index (Phi) is 4.97. The highest BCUT2D eigenvalue weighted by Crippen LogP contribution is 2.23. The van der Waals surface area contributed by atoms with Gasteiger partial charge in [-0.3, -0.25) is 4.79 Å². The summed E-state index contributed by atoms with van der Waals surface area (Å²) in [6.07, 6.45) is 1.85. The van der Waals surface area contributed by atoms with E-state index in [2.05, 4.69) is 17.1 Å². The standard InChI is InChI=1S/C19H20N2O4/c1-25-15-10-16(20-17(11-15)19(23)24)18(22)21-8-7-14(12-21)9-13-5-3-2-4-6-13/h2-6,10-11,14H,7-9,12H2,1H3,(H,23,24).